The number of imide groups is 1. The molecule has 2 aliphatic rings. The molecular formula is C29H25FN2O4S. The van der Waals surface area contributed by atoms with Gasteiger partial charge in [-0.1, -0.05) is 43.5 Å². The average molecular weight is 517 g/mol. The van der Waals surface area contributed by atoms with E-state index in [1.807, 2.05) is 24.3 Å². The lowest BCUT2D eigenvalue weighted by molar-refractivity contribution is -0.156. The third kappa shape index (κ3) is 4.74. The third-order valence-electron chi connectivity index (χ3n) is 7.02. The van der Waals surface area contributed by atoms with Crippen LogP contribution in [0.2, 0.25) is 0 Å². The highest BCUT2D eigenvalue weighted by Crippen LogP contribution is 2.39. The maximum atomic E-state index is 13.5. The number of carbonyl (C=O) groups excluding carboxylic acids is 2. The van der Waals surface area contributed by atoms with Crippen molar-refractivity contribution in [1.29, 1.82) is 0 Å². The van der Waals surface area contributed by atoms with Gasteiger partial charge in [-0.2, -0.15) is 0 Å². The van der Waals surface area contributed by atoms with Crippen molar-refractivity contribution in [3.8, 4) is 5.75 Å². The second kappa shape index (κ2) is 10.0. The number of benzene rings is 3. The first-order chi connectivity index (χ1) is 18.1. The van der Waals surface area contributed by atoms with E-state index in [1.165, 1.54) is 29.9 Å². The molecule has 1 saturated carbocycles. The first-order valence-corrected chi connectivity index (χ1v) is 13.3. The first kappa shape index (κ1) is 23.8. The van der Waals surface area contributed by atoms with Crippen molar-refractivity contribution in [1.82, 2.24) is 10.0 Å². The molecule has 0 radical (unpaired) electrons. The average Bonchev–Trinajstić information content (AvgIpc) is 3.44. The summed E-state index contributed by atoms with van der Waals surface area (Å²) in [7, 11) is 0. The molecule has 6 rings (SSSR count). The Bertz CT molecular complexity index is 1430. The second-order valence-electron chi connectivity index (χ2n) is 9.45. The molecule has 0 spiro atoms. The van der Waals surface area contributed by atoms with Crippen LogP contribution >= 0.6 is 11.3 Å². The van der Waals surface area contributed by atoms with E-state index in [9.17, 15) is 14.0 Å². The minimum Gasteiger partial charge on any atom is -0.486 e. The van der Waals surface area contributed by atoms with Gasteiger partial charge in [0.2, 0.25) is 0 Å². The van der Waals surface area contributed by atoms with Crippen molar-refractivity contribution in [2.75, 3.05) is 0 Å². The molecule has 1 aliphatic heterocycles. The summed E-state index contributed by atoms with van der Waals surface area (Å²) in [5, 5.41) is 1.70. The molecule has 37 heavy (non-hydrogen) atoms. The van der Waals surface area contributed by atoms with Crippen LogP contribution in [0.15, 0.2) is 66.7 Å². The summed E-state index contributed by atoms with van der Waals surface area (Å²) >= 11 is 1.47. The van der Waals surface area contributed by atoms with Crippen LogP contribution in [0.5, 0.6) is 5.75 Å². The van der Waals surface area contributed by atoms with E-state index in [4.69, 9.17) is 9.57 Å². The molecular weight excluding hydrogens is 491 g/mol. The Hall–Kier alpha value is -3.62. The normalized spacial score (nSPS) is 16.8. The summed E-state index contributed by atoms with van der Waals surface area (Å²) in [5.41, 5.74) is 2.26. The van der Waals surface area contributed by atoms with Crippen LogP contribution in [0.4, 0.5) is 4.39 Å². The summed E-state index contributed by atoms with van der Waals surface area (Å²) in [4.78, 5) is 36.6. The van der Waals surface area contributed by atoms with Gasteiger partial charge in [-0.15, -0.1) is 16.4 Å². The topological polar surface area (TPSA) is 68.7 Å². The molecule has 1 aromatic heterocycles. The van der Waals surface area contributed by atoms with E-state index < -0.39 is 17.9 Å². The van der Waals surface area contributed by atoms with Gasteiger partial charge in [0.15, 0.2) is 0 Å². The fraction of sp³-hybridized carbons (Fsp3) is 0.276. The molecule has 1 aliphatic carbocycles. The van der Waals surface area contributed by atoms with Crippen molar-refractivity contribution >= 4 is 33.4 Å². The van der Waals surface area contributed by atoms with Crippen LogP contribution < -0.4 is 4.74 Å². The number of carbonyl (C=O) groups is 2. The SMILES string of the molecule is O=C1c2ccccc2C(=O)N1OC(c1ccc(OCc2nc3cc(F)ccc3s2)cc1)C1CCCCC1. The fourth-order valence-electron chi connectivity index (χ4n) is 5.14. The van der Waals surface area contributed by atoms with E-state index in [2.05, 4.69) is 4.98 Å². The van der Waals surface area contributed by atoms with E-state index in [-0.39, 0.29) is 18.3 Å². The molecule has 1 fully saturated rings. The van der Waals surface area contributed by atoms with Gasteiger partial charge in [-0.05, 0) is 60.7 Å². The highest BCUT2D eigenvalue weighted by molar-refractivity contribution is 7.18. The van der Waals surface area contributed by atoms with Crippen LogP contribution in [-0.4, -0.2) is 21.9 Å². The van der Waals surface area contributed by atoms with Crippen molar-refractivity contribution in [2.24, 2.45) is 5.92 Å². The van der Waals surface area contributed by atoms with Crippen molar-refractivity contribution in [2.45, 2.75) is 44.8 Å². The second-order valence-corrected chi connectivity index (χ2v) is 10.6. The minimum absolute atomic E-state index is 0.202. The number of thiazole rings is 1. The highest BCUT2D eigenvalue weighted by Gasteiger charge is 2.40. The Labute approximate surface area is 217 Å². The van der Waals surface area contributed by atoms with Crippen LogP contribution in [0.25, 0.3) is 10.2 Å². The third-order valence-corrected chi connectivity index (χ3v) is 8.03. The van der Waals surface area contributed by atoms with Gasteiger partial charge in [0.1, 0.15) is 29.3 Å². The van der Waals surface area contributed by atoms with Crippen LogP contribution in [-0.2, 0) is 11.4 Å². The Kier molecular flexibility index (Phi) is 6.44. The molecule has 6 nitrogen and oxygen atoms in total. The molecule has 0 saturated heterocycles. The molecule has 0 bridgehead atoms. The maximum Gasteiger partial charge on any atom is 0.285 e. The van der Waals surface area contributed by atoms with Gasteiger partial charge in [0, 0.05) is 6.07 Å². The predicted molar refractivity (Wildman–Crippen MR) is 138 cm³/mol. The zero-order valence-electron chi connectivity index (χ0n) is 20.1. The van der Waals surface area contributed by atoms with Crippen molar-refractivity contribution in [3.63, 3.8) is 0 Å². The number of hydrogen-bond donors (Lipinski definition) is 0. The number of aromatic nitrogens is 1. The Balaban J connectivity index is 1.19. The van der Waals surface area contributed by atoms with E-state index in [0.717, 1.165) is 46.0 Å². The monoisotopic (exact) mass is 516 g/mol. The van der Waals surface area contributed by atoms with Gasteiger partial charge in [0.05, 0.1) is 21.3 Å². The van der Waals surface area contributed by atoms with Gasteiger partial charge in [-0.3, -0.25) is 14.4 Å². The number of hydrogen-bond acceptors (Lipinski definition) is 6. The standard InChI is InChI=1S/C29H25FN2O4S/c30-20-12-15-25-24(16-20)31-26(37-25)17-35-21-13-10-19(11-14-21)27(18-6-2-1-3-7-18)36-32-28(33)22-8-4-5-9-23(22)29(32)34/h4-5,8-16,18,27H,1-3,6-7,17H2. The Morgan fingerprint density at radius 1 is 0.946 bits per heavy atom. The quantitative estimate of drug-likeness (QED) is 0.251. The van der Waals surface area contributed by atoms with Crippen LogP contribution in [0.1, 0.15) is 69.5 Å². The molecule has 4 aromatic rings. The van der Waals surface area contributed by atoms with Crippen LogP contribution in [0.3, 0.4) is 0 Å². The first-order valence-electron chi connectivity index (χ1n) is 12.5. The molecule has 8 heteroatoms. The number of rotatable bonds is 7. The largest absolute Gasteiger partial charge is 0.486 e. The van der Waals surface area contributed by atoms with Gasteiger partial charge in [-0.25, -0.2) is 9.37 Å². The maximum absolute atomic E-state index is 13.5. The fourth-order valence-corrected chi connectivity index (χ4v) is 6.00. The molecule has 2 amide bonds. The zero-order valence-corrected chi connectivity index (χ0v) is 20.9. The van der Waals surface area contributed by atoms with Gasteiger partial charge < -0.3 is 4.74 Å². The van der Waals surface area contributed by atoms with Gasteiger partial charge in [0.25, 0.3) is 11.8 Å². The Morgan fingerprint density at radius 3 is 2.35 bits per heavy atom. The van der Waals surface area contributed by atoms with Crippen molar-refractivity contribution in [3.05, 3.63) is 94.2 Å². The molecule has 0 N–H and O–H groups in total. The molecule has 3 aromatic carbocycles. The number of amides is 2. The molecule has 188 valence electrons. The number of ether oxygens (including phenoxy) is 1. The predicted octanol–water partition coefficient (Wildman–Crippen LogP) is 6.86. The molecule has 1 unspecified atom stereocenters. The highest BCUT2D eigenvalue weighted by atomic mass is 32.1. The Morgan fingerprint density at radius 2 is 1.65 bits per heavy atom. The number of nitrogens with zero attached hydrogens (tertiary/aromatic N) is 2. The van der Waals surface area contributed by atoms with E-state index in [0.29, 0.717) is 22.4 Å². The minimum atomic E-state index is -0.421. The lowest BCUT2D eigenvalue weighted by atomic mass is 9.82. The van der Waals surface area contributed by atoms with Gasteiger partial charge >= 0.3 is 0 Å². The van der Waals surface area contributed by atoms with E-state index in [1.54, 1.807) is 30.3 Å². The summed E-state index contributed by atoms with van der Waals surface area (Å²) in [6, 6.07) is 19.0. The summed E-state index contributed by atoms with van der Waals surface area (Å²) in [5.74, 6) is -0.281. The van der Waals surface area contributed by atoms with Crippen molar-refractivity contribution < 1.29 is 23.6 Å². The smallest absolute Gasteiger partial charge is 0.285 e. The molecule has 1 atom stereocenters. The molecule has 2 heterocycles. The lowest BCUT2D eigenvalue weighted by Crippen LogP contribution is -2.34. The summed E-state index contributed by atoms with van der Waals surface area (Å²) in [6.07, 6.45) is 4.91. The number of halogens is 1. The zero-order chi connectivity index (χ0) is 25.4. The number of hydroxylamine groups is 2. The summed E-state index contributed by atoms with van der Waals surface area (Å²) < 4.78 is 20.3. The lowest BCUT2D eigenvalue weighted by Gasteiger charge is -2.32. The number of fused-ring (bicyclic) bond motifs is 2. The summed E-state index contributed by atoms with van der Waals surface area (Å²) in [6.45, 7) is 0.276. The van der Waals surface area contributed by atoms with Crippen LogP contribution in [0, 0.1) is 11.7 Å². The van der Waals surface area contributed by atoms with E-state index >= 15 is 0 Å².